The molecule has 5 atom stereocenters. The first-order valence-electron chi connectivity index (χ1n) is 35.5. The average Bonchev–Trinajstić information content (AvgIpc) is 3.70. The normalized spacial score (nSPS) is 14.2. The Hall–Kier alpha value is -1.94. The first-order valence-corrected chi connectivity index (χ1v) is 38.5. The molecule has 3 N–H and O–H groups in total. The number of aliphatic hydroxyl groups is 1. The molecule has 0 amide bonds. The Balaban J connectivity index is 5.23. The van der Waals surface area contributed by atoms with Crippen molar-refractivity contribution in [2.24, 2.45) is 11.8 Å². The van der Waals surface area contributed by atoms with Gasteiger partial charge in [0, 0.05) is 25.7 Å². The van der Waals surface area contributed by atoms with E-state index in [1.807, 2.05) is 0 Å². The van der Waals surface area contributed by atoms with Crippen molar-refractivity contribution in [3.63, 3.8) is 0 Å². The predicted molar refractivity (Wildman–Crippen MR) is 349 cm³/mol. The molecule has 19 heteroatoms. The van der Waals surface area contributed by atoms with Crippen LogP contribution in [0.25, 0.3) is 0 Å². The van der Waals surface area contributed by atoms with Crippen LogP contribution in [0.5, 0.6) is 0 Å². The predicted octanol–water partition coefficient (Wildman–Crippen LogP) is 19.2. The van der Waals surface area contributed by atoms with Gasteiger partial charge in [-0.1, -0.05) is 292 Å². The summed E-state index contributed by atoms with van der Waals surface area (Å²) in [6, 6.07) is 0. The van der Waals surface area contributed by atoms with Gasteiger partial charge in [-0.2, -0.15) is 0 Å². The van der Waals surface area contributed by atoms with Crippen LogP contribution in [0.15, 0.2) is 0 Å². The molecular formula is C68H132O17P2. The van der Waals surface area contributed by atoms with Gasteiger partial charge in [0.1, 0.15) is 19.3 Å². The lowest BCUT2D eigenvalue weighted by Crippen LogP contribution is -2.30. The minimum absolute atomic E-state index is 0.107. The molecule has 0 rings (SSSR count). The Bertz CT molecular complexity index is 1700. The first-order chi connectivity index (χ1) is 41.9. The van der Waals surface area contributed by atoms with Gasteiger partial charge in [0.2, 0.25) is 0 Å². The van der Waals surface area contributed by atoms with Crippen LogP contribution in [-0.2, 0) is 65.4 Å². The van der Waals surface area contributed by atoms with E-state index in [2.05, 4.69) is 41.5 Å². The van der Waals surface area contributed by atoms with Crippen LogP contribution < -0.4 is 0 Å². The number of aliphatic hydroxyl groups excluding tert-OH is 1. The number of phosphoric ester groups is 2. The summed E-state index contributed by atoms with van der Waals surface area (Å²) in [6.45, 7) is 9.50. The maximum atomic E-state index is 13.0. The van der Waals surface area contributed by atoms with Crippen molar-refractivity contribution in [2.75, 3.05) is 39.6 Å². The molecule has 516 valence electrons. The molecule has 0 saturated carbocycles. The molecule has 0 saturated heterocycles. The van der Waals surface area contributed by atoms with E-state index in [0.717, 1.165) is 102 Å². The van der Waals surface area contributed by atoms with Crippen molar-refractivity contribution < 1.29 is 80.2 Å². The highest BCUT2D eigenvalue weighted by molar-refractivity contribution is 7.47. The van der Waals surface area contributed by atoms with Crippen molar-refractivity contribution in [3.05, 3.63) is 0 Å². The number of phosphoric acid groups is 2. The maximum absolute atomic E-state index is 13.0. The van der Waals surface area contributed by atoms with Gasteiger partial charge in [-0.05, 0) is 37.5 Å². The van der Waals surface area contributed by atoms with Gasteiger partial charge in [-0.25, -0.2) is 9.13 Å². The van der Waals surface area contributed by atoms with Crippen LogP contribution in [0.1, 0.15) is 343 Å². The van der Waals surface area contributed by atoms with Gasteiger partial charge in [0.15, 0.2) is 12.2 Å². The third-order valence-corrected chi connectivity index (χ3v) is 17.6. The van der Waals surface area contributed by atoms with E-state index in [-0.39, 0.29) is 25.7 Å². The number of hydrogen-bond donors (Lipinski definition) is 3. The molecule has 0 spiro atoms. The summed E-state index contributed by atoms with van der Waals surface area (Å²) in [7, 11) is -9.89. The smallest absolute Gasteiger partial charge is 0.462 e. The molecule has 0 bridgehead atoms. The van der Waals surface area contributed by atoms with Gasteiger partial charge >= 0.3 is 39.5 Å². The van der Waals surface area contributed by atoms with Crippen LogP contribution >= 0.6 is 15.6 Å². The van der Waals surface area contributed by atoms with Crippen LogP contribution in [0.4, 0.5) is 0 Å². The summed E-state index contributed by atoms with van der Waals surface area (Å²) in [5.74, 6) is -0.615. The van der Waals surface area contributed by atoms with E-state index in [4.69, 9.17) is 37.0 Å². The van der Waals surface area contributed by atoms with Crippen LogP contribution in [-0.4, -0.2) is 96.7 Å². The van der Waals surface area contributed by atoms with Crippen LogP contribution in [0, 0.1) is 11.8 Å². The number of rotatable bonds is 67. The number of hydrogen-bond acceptors (Lipinski definition) is 15. The molecule has 2 unspecified atom stereocenters. The second-order valence-electron chi connectivity index (χ2n) is 25.5. The van der Waals surface area contributed by atoms with E-state index in [1.165, 1.54) is 161 Å². The highest BCUT2D eigenvalue weighted by atomic mass is 31.2. The lowest BCUT2D eigenvalue weighted by atomic mass is 10.0. The van der Waals surface area contributed by atoms with Crippen molar-refractivity contribution in [1.82, 2.24) is 0 Å². The molecule has 17 nitrogen and oxygen atoms in total. The molecule has 87 heavy (non-hydrogen) atoms. The standard InChI is InChI=1S/C68H132O17P2/c1-7-9-11-13-15-17-21-26-34-40-46-52-67(72)84-63(56-78-65(70)50-44-38-32-24-16-14-12-10-8-2)58-82-86(74,75)80-54-62(69)55-81-87(76,77)83-59-64(57-79-66(71)51-45-39-33-29-28-31-37-43-49-61(5)6)85-68(73)53-47-41-35-27-23-20-18-19-22-25-30-36-42-48-60(3)4/h60-64,69H,7-59H2,1-6H3,(H,74,75)(H,76,77)/t62-,63+,64+/m0/s1. The van der Waals surface area contributed by atoms with Crippen molar-refractivity contribution in [3.8, 4) is 0 Å². The lowest BCUT2D eigenvalue weighted by Gasteiger charge is -2.21. The van der Waals surface area contributed by atoms with Gasteiger partial charge in [-0.15, -0.1) is 0 Å². The van der Waals surface area contributed by atoms with E-state index in [0.29, 0.717) is 25.7 Å². The Morgan fingerprint density at radius 3 is 0.782 bits per heavy atom. The second kappa shape index (κ2) is 60.3. The number of ether oxygens (including phenoxy) is 4. The first kappa shape index (κ1) is 85.1. The minimum atomic E-state index is -4.95. The summed E-state index contributed by atoms with van der Waals surface area (Å²) in [6.07, 6.45) is 44.4. The second-order valence-corrected chi connectivity index (χ2v) is 28.4. The van der Waals surface area contributed by atoms with Crippen LogP contribution in [0.2, 0.25) is 0 Å². The number of unbranched alkanes of at least 4 members (excludes halogenated alkanes) is 37. The monoisotopic (exact) mass is 1280 g/mol. The summed E-state index contributed by atoms with van der Waals surface area (Å²) in [5, 5.41) is 10.6. The van der Waals surface area contributed by atoms with Gasteiger partial charge < -0.3 is 33.8 Å². The van der Waals surface area contributed by atoms with Crippen molar-refractivity contribution in [1.29, 1.82) is 0 Å². The number of carbonyl (C=O) groups excluding carboxylic acids is 4. The summed E-state index contributed by atoms with van der Waals surface area (Å²) < 4.78 is 68.1. The average molecular weight is 1280 g/mol. The SMILES string of the molecule is CCCCCCCCCCCCCC(=O)O[C@H](COC(=O)CCCCCCCCCCC)COP(=O)(O)OC[C@H](O)COP(=O)(O)OC[C@@H](COC(=O)CCCCCCCCCCC(C)C)OC(=O)CCCCCCCCCCCCCCCC(C)C. The van der Waals surface area contributed by atoms with E-state index < -0.39 is 97.5 Å². The highest BCUT2D eigenvalue weighted by Crippen LogP contribution is 2.45. The Labute approximate surface area is 530 Å². The Morgan fingerprint density at radius 2 is 0.529 bits per heavy atom. The fraction of sp³-hybridized carbons (Fsp3) is 0.941. The van der Waals surface area contributed by atoms with E-state index in [9.17, 15) is 43.2 Å². The number of carbonyl (C=O) groups is 4. The Morgan fingerprint density at radius 1 is 0.310 bits per heavy atom. The highest BCUT2D eigenvalue weighted by Gasteiger charge is 2.30. The molecule has 0 aromatic carbocycles. The molecule has 0 aliphatic rings. The topological polar surface area (TPSA) is 237 Å². The van der Waals surface area contributed by atoms with Crippen LogP contribution in [0.3, 0.4) is 0 Å². The molecule has 0 aromatic rings. The Kier molecular flexibility index (Phi) is 59.0. The van der Waals surface area contributed by atoms with Gasteiger partial charge in [0.25, 0.3) is 0 Å². The lowest BCUT2D eigenvalue weighted by molar-refractivity contribution is -0.161. The summed E-state index contributed by atoms with van der Waals surface area (Å²) in [5.41, 5.74) is 0. The van der Waals surface area contributed by atoms with Gasteiger partial charge in [-0.3, -0.25) is 37.3 Å². The zero-order chi connectivity index (χ0) is 64.3. The quantitative estimate of drug-likeness (QED) is 0.0222. The van der Waals surface area contributed by atoms with Gasteiger partial charge in [0.05, 0.1) is 26.4 Å². The number of esters is 4. The van der Waals surface area contributed by atoms with E-state index >= 15 is 0 Å². The molecule has 0 aliphatic carbocycles. The third-order valence-electron chi connectivity index (χ3n) is 15.7. The fourth-order valence-corrected chi connectivity index (χ4v) is 11.8. The minimum Gasteiger partial charge on any atom is -0.462 e. The molecular weight excluding hydrogens is 1150 g/mol. The molecule has 0 heterocycles. The largest absolute Gasteiger partial charge is 0.472 e. The van der Waals surface area contributed by atoms with Crippen molar-refractivity contribution >= 4 is 39.5 Å². The van der Waals surface area contributed by atoms with E-state index in [1.54, 1.807) is 0 Å². The molecule has 0 fully saturated rings. The maximum Gasteiger partial charge on any atom is 0.472 e. The zero-order valence-electron chi connectivity index (χ0n) is 56.3. The summed E-state index contributed by atoms with van der Waals surface area (Å²) >= 11 is 0. The zero-order valence-corrected chi connectivity index (χ0v) is 58.1. The van der Waals surface area contributed by atoms with Crippen molar-refractivity contribution in [2.45, 2.75) is 362 Å². The third kappa shape index (κ3) is 62.6. The molecule has 0 radical (unpaired) electrons. The molecule has 0 aromatic heterocycles. The fourth-order valence-electron chi connectivity index (χ4n) is 10.2. The summed E-state index contributed by atoms with van der Waals surface area (Å²) in [4.78, 5) is 72.4. The molecule has 0 aliphatic heterocycles.